The van der Waals surface area contributed by atoms with Gasteiger partial charge in [0.05, 0.1) is 10.6 Å². The van der Waals surface area contributed by atoms with Crippen LogP contribution in [0.5, 0.6) is 0 Å². The van der Waals surface area contributed by atoms with Gasteiger partial charge in [0.25, 0.3) is 5.91 Å². The van der Waals surface area contributed by atoms with E-state index >= 15 is 0 Å². The molecule has 1 amide bonds. The zero-order chi connectivity index (χ0) is 14.8. The van der Waals surface area contributed by atoms with E-state index in [1.165, 1.54) is 38.1 Å². The lowest BCUT2D eigenvalue weighted by Crippen LogP contribution is -2.32. The fourth-order valence-electron chi connectivity index (χ4n) is 3.34. The first-order chi connectivity index (χ1) is 10.1. The first-order valence-electron chi connectivity index (χ1n) is 7.61. The molecular weight excluding hydrogens is 291 g/mol. The SMILES string of the molecule is O=C(c1cccc(Cl)c1F)N1CCC(CN2CCCC2)C1. The van der Waals surface area contributed by atoms with Crippen molar-refractivity contribution in [1.29, 1.82) is 0 Å². The van der Waals surface area contributed by atoms with E-state index < -0.39 is 5.82 Å². The molecule has 0 radical (unpaired) electrons. The van der Waals surface area contributed by atoms with Crippen molar-refractivity contribution in [3.63, 3.8) is 0 Å². The van der Waals surface area contributed by atoms with E-state index in [2.05, 4.69) is 4.90 Å². The zero-order valence-corrected chi connectivity index (χ0v) is 12.8. The number of nitrogens with zero attached hydrogens (tertiary/aromatic N) is 2. The van der Waals surface area contributed by atoms with E-state index in [1.54, 1.807) is 11.0 Å². The summed E-state index contributed by atoms with van der Waals surface area (Å²) < 4.78 is 13.9. The van der Waals surface area contributed by atoms with Crippen molar-refractivity contribution in [3.05, 3.63) is 34.6 Å². The predicted octanol–water partition coefficient (Wildman–Crippen LogP) is 3.04. The van der Waals surface area contributed by atoms with Gasteiger partial charge in [-0.2, -0.15) is 0 Å². The number of carbonyl (C=O) groups excluding carboxylic acids is 1. The first kappa shape index (κ1) is 14.8. The van der Waals surface area contributed by atoms with Crippen molar-refractivity contribution >= 4 is 17.5 Å². The Morgan fingerprint density at radius 3 is 2.81 bits per heavy atom. The standard InChI is InChI=1S/C16H20ClFN2O/c17-14-5-3-4-13(15(14)18)16(21)20-9-6-12(11-20)10-19-7-1-2-8-19/h3-5,12H,1-2,6-11H2. The molecule has 114 valence electrons. The highest BCUT2D eigenvalue weighted by Gasteiger charge is 2.30. The minimum Gasteiger partial charge on any atom is -0.338 e. The van der Waals surface area contributed by atoms with Gasteiger partial charge in [0.1, 0.15) is 0 Å². The highest BCUT2D eigenvalue weighted by molar-refractivity contribution is 6.31. The maximum Gasteiger partial charge on any atom is 0.256 e. The molecule has 0 aliphatic carbocycles. The van der Waals surface area contributed by atoms with Crippen LogP contribution in [0.15, 0.2) is 18.2 Å². The van der Waals surface area contributed by atoms with E-state index in [4.69, 9.17) is 11.6 Å². The number of hydrogen-bond acceptors (Lipinski definition) is 2. The minimum atomic E-state index is -0.604. The van der Waals surface area contributed by atoms with Gasteiger partial charge in [-0.15, -0.1) is 0 Å². The molecule has 3 nitrogen and oxygen atoms in total. The molecule has 1 aromatic rings. The van der Waals surface area contributed by atoms with E-state index in [0.717, 1.165) is 19.5 Å². The molecule has 1 atom stereocenters. The molecule has 2 heterocycles. The number of hydrogen-bond donors (Lipinski definition) is 0. The first-order valence-corrected chi connectivity index (χ1v) is 7.98. The molecule has 21 heavy (non-hydrogen) atoms. The van der Waals surface area contributed by atoms with E-state index in [-0.39, 0.29) is 16.5 Å². The summed E-state index contributed by atoms with van der Waals surface area (Å²) in [5.41, 5.74) is 0.0873. The molecule has 2 aliphatic rings. The van der Waals surface area contributed by atoms with Gasteiger partial charge in [0.15, 0.2) is 5.82 Å². The van der Waals surface area contributed by atoms with Crippen molar-refractivity contribution < 1.29 is 9.18 Å². The van der Waals surface area contributed by atoms with Crippen LogP contribution in [0.1, 0.15) is 29.6 Å². The summed E-state index contributed by atoms with van der Waals surface area (Å²) in [6.45, 7) is 4.84. The maximum absolute atomic E-state index is 13.9. The average Bonchev–Trinajstić information content (AvgIpc) is 3.13. The van der Waals surface area contributed by atoms with Gasteiger partial charge < -0.3 is 9.80 Å². The minimum absolute atomic E-state index is 0.00802. The van der Waals surface area contributed by atoms with Crippen molar-refractivity contribution in [3.8, 4) is 0 Å². The summed E-state index contributed by atoms with van der Waals surface area (Å²) in [7, 11) is 0. The molecule has 0 spiro atoms. The van der Waals surface area contributed by atoms with Gasteiger partial charge in [0.2, 0.25) is 0 Å². The third-order valence-corrected chi connectivity index (χ3v) is 4.76. The Hall–Kier alpha value is -1.13. The Balaban J connectivity index is 1.62. The van der Waals surface area contributed by atoms with Crippen LogP contribution in [-0.4, -0.2) is 48.4 Å². The molecular formula is C16H20ClFN2O. The van der Waals surface area contributed by atoms with Crippen LogP contribution in [0, 0.1) is 11.7 Å². The van der Waals surface area contributed by atoms with Gasteiger partial charge in [-0.05, 0) is 50.4 Å². The Bertz CT molecular complexity index is 531. The summed E-state index contributed by atoms with van der Waals surface area (Å²) in [5, 5.41) is 0.00802. The normalized spacial score (nSPS) is 23.0. The van der Waals surface area contributed by atoms with Gasteiger partial charge in [-0.25, -0.2) is 4.39 Å². The van der Waals surface area contributed by atoms with Crippen molar-refractivity contribution in [2.75, 3.05) is 32.7 Å². The maximum atomic E-state index is 13.9. The van der Waals surface area contributed by atoms with Gasteiger partial charge in [0, 0.05) is 19.6 Å². The molecule has 2 aliphatic heterocycles. The number of amides is 1. The highest BCUT2D eigenvalue weighted by atomic mass is 35.5. The lowest BCUT2D eigenvalue weighted by Gasteiger charge is -2.21. The van der Waals surface area contributed by atoms with E-state index in [1.807, 2.05) is 0 Å². The molecule has 3 rings (SSSR count). The van der Waals surface area contributed by atoms with E-state index in [0.29, 0.717) is 12.5 Å². The lowest BCUT2D eigenvalue weighted by molar-refractivity contribution is 0.0780. The van der Waals surface area contributed by atoms with Crippen LogP contribution in [0.25, 0.3) is 0 Å². The third kappa shape index (κ3) is 3.22. The molecule has 1 unspecified atom stereocenters. The Morgan fingerprint density at radius 2 is 2.05 bits per heavy atom. The van der Waals surface area contributed by atoms with Crippen LogP contribution in [0.3, 0.4) is 0 Å². The van der Waals surface area contributed by atoms with Gasteiger partial charge >= 0.3 is 0 Å². The molecule has 2 saturated heterocycles. The Morgan fingerprint density at radius 1 is 1.29 bits per heavy atom. The van der Waals surface area contributed by atoms with Crippen molar-refractivity contribution in [2.24, 2.45) is 5.92 Å². The van der Waals surface area contributed by atoms with Crippen LogP contribution < -0.4 is 0 Å². The van der Waals surface area contributed by atoms with E-state index in [9.17, 15) is 9.18 Å². The Kier molecular flexibility index (Phi) is 4.45. The second-order valence-corrected chi connectivity index (χ2v) is 6.42. The Labute approximate surface area is 129 Å². The second kappa shape index (κ2) is 6.32. The largest absolute Gasteiger partial charge is 0.338 e. The summed E-state index contributed by atoms with van der Waals surface area (Å²) in [6, 6.07) is 4.60. The quantitative estimate of drug-likeness (QED) is 0.857. The summed E-state index contributed by atoms with van der Waals surface area (Å²) in [5.74, 6) is -0.333. The summed E-state index contributed by atoms with van der Waals surface area (Å²) >= 11 is 5.75. The van der Waals surface area contributed by atoms with Crippen LogP contribution in [0.2, 0.25) is 5.02 Å². The molecule has 1 aromatic carbocycles. The van der Waals surface area contributed by atoms with Gasteiger partial charge in [-0.3, -0.25) is 4.79 Å². The zero-order valence-electron chi connectivity index (χ0n) is 12.0. The number of rotatable bonds is 3. The molecule has 0 bridgehead atoms. The number of carbonyl (C=O) groups is 1. The number of benzene rings is 1. The monoisotopic (exact) mass is 310 g/mol. The fraction of sp³-hybridized carbons (Fsp3) is 0.562. The second-order valence-electron chi connectivity index (χ2n) is 6.01. The van der Waals surface area contributed by atoms with Crippen LogP contribution >= 0.6 is 11.6 Å². The lowest BCUT2D eigenvalue weighted by atomic mass is 10.1. The summed E-state index contributed by atoms with van der Waals surface area (Å²) in [4.78, 5) is 16.6. The van der Waals surface area contributed by atoms with Crippen LogP contribution in [0.4, 0.5) is 4.39 Å². The smallest absolute Gasteiger partial charge is 0.256 e. The average molecular weight is 311 g/mol. The van der Waals surface area contributed by atoms with Crippen LogP contribution in [-0.2, 0) is 0 Å². The molecule has 0 N–H and O–H groups in total. The van der Waals surface area contributed by atoms with Crippen molar-refractivity contribution in [1.82, 2.24) is 9.80 Å². The fourth-order valence-corrected chi connectivity index (χ4v) is 3.51. The molecule has 2 fully saturated rings. The summed E-state index contributed by atoms with van der Waals surface area (Å²) in [6.07, 6.45) is 3.57. The topological polar surface area (TPSA) is 23.6 Å². The van der Waals surface area contributed by atoms with Gasteiger partial charge in [-0.1, -0.05) is 17.7 Å². The molecule has 5 heteroatoms. The number of halogens is 2. The third-order valence-electron chi connectivity index (χ3n) is 4.47. The number of likely N-dealkylation sites (tertiary alicyclic amines) is 2. The molecule has 0 aromatic heterocycles. The predicted molar refractivity (Wildman–Crippen MR) is 81.1 cm³/mol. The molecule has 0 saturated carbocycles. The van der Waals surface area contributed by atoms with Crippen molar-refractivity contribution in [2.45, 2.75) is 19.3 Å². The highest BCUT2D eigenvalue weighted by Crippen LogP contribution is 2.24.